The molecule has 0 spiro atoms. The minimum absolute atomic E-state index is 0.344. The monoisotopic (exact) mass is 369 g/mol. The highest BCUT2D eigenvalue weighted by Crippen LogP contribution is 2.29. The first-order valence-corrected chi connectivity index (χ1v) is 8.92. The van der Waals surface area contributed by atoms with Crippen molar-refractivity contribution < 1.29 is 4.39 Å². The first-order chi connectivity index (χ1) is 13.7. The van der Waals surface area contributed by atoms with Crippen molar-refractivity contribution in [2.45, 2.75) is 6.54 Å². The zero-order valence-electron chi connectivity index (χ0n) is 14.9. The molecule has 0 saturated carbocycles. The predicted octanol–water partition coefficient (Wildman–Crippen LogP) is 4.23. The molecule has 0 saturated heterocycles. The molecule has 5 nitrogen and oxygen atoms in total. The van der Waals surface area contributed by atoms with E-state index in [0.29, 0.717) is 23.8 Å². The second-order valence-corrected chi connectivity index (χ2v) is 6.53. The third-order valence-corrected chi connectivity index (χ3v) is 4.81. The van der Waals surface area contributed by atoms with E-state index in [9.17, 15) is 4.39 Å². The van der Waals surface area contributed by atoms with E-state index in [1.165, 1.54) is 6.07 Å². The highest BCUT2D eigenvalue weighted by Gasteiger charge is 2.15. The van der Waals surface area contributed by atoms with E-state index in [1.54, 1.807) is 30.6 Å². The summed E-state index contributed by atoms with van der Waals surface area (Å²) in [7, 11) is 0. The SMILES string of the molecule is NCc1ccc2nc(-c3ccccc3F)nc(-n3ccc4cnccc43)c2c1. The van der Waals surface area contributed by atoms with Gasteiger partial charge in [-0.2, -0.15) is 0 Å². The molecule has 0 aliphatic rings. The average Bonchev–Trinajstić information content (AvgIpc) is 3.17. The molecule has 6 heteroatoms. The quantitative estimate of drug-likeness (QED) is 0.517. The van der Waals surface area contributed by atoms with Crippen molar-refractivity contribution >= 4 is 21.8 Å². The van der Waals surface area contributed by atoms with Crippen molar-refractivity contribution in [1.82, 2.24) is 19.5 Å². The molecular weight excluding hydrogens is 353 g/mol. The van der Waals surface area contributed by atoms with Gasteiger partial charge in [-0.25, -0.2) is 14.4 Å². The van der Waals surface area contributed by atoms with Gasteiger partial charge in [-0.05, 0) is 42.0 Å². The molecule has 3 heterocycles. The molecule has 5 aromatic rings. The van der Waals surface area contributed by atoms with Gasteiger partial charge in [0.05, 0.1) is 16.6 Å². The van der Waals surface area contributed by atoms with E-state index in [2.05, 4.69) is 9.97 Å². The summed E-state index contributed by atoms with van der Waals surface area (Å²) >= 11 is 0. The van der Waals surface area contributed by atoms with Crippen LogP contribution in [0.3, 0.4) is 0 Å². The molecule has 0 aliphatic carbocycles. The highest BCUT2D eigenvalue weighted by molar-refractivity contribution is 5.91. The number of pyridine rings is 1. The van der Waals surface area contributed by atoms with E-state index in [1.807, 2.05) is 41.1 Å². The summed E-state index contributed by atoms with van der Waals surface area (Å²) in [6.45, 7) is 0.417. The zero-order valence-corrected chi connectivity index (χ0v) is 14.9. The lowest BCUT2D eigenvalue weighted by atomic mass is 10.1. The van der Waals surface area contributed by atoms with E-state index in [-0.39, 0.29) is 5.82 Å². The fraction of sp³-hybridized carbons (Fsp3) is 0.0455. The average molecular weight is 369 g/mol. The molecule has 0 fully saturated rings. The maximum absolute atomic E-state index is 14.4. The molecule has 136 valence electrons. The fourth-order valence-electron chi connectivity index (χ4n) is 3.40. The lowest BCUT2D eigenvalue weighted by molar-refractivity contribution is 0.630. The van der Waals surface area contributed by atoms with Gasteiger partial charge in [0.1, 0.15) is 11.6 Å². The van der Waals surface area contributed by atoms with Gasteiger partial charge in [0.2, 0.25) is 0 Å². The van der Waals surface area contributed by atoms with Crippen LogP contribution in [0.4, 0.5) is 4.39 Å². The van der Waals surface area contributed by atoms with Crippen molar-refractivity contribution in [1.29, 1.82) is 0 Å². The van der Waals surface area contributed by atoms with Crippen LogP contribution >= 0.6 is 0 Å². The number of hydrogen-bond donors (Lipinski definition) is 1. The topological polar surface area (TPSA) is 69.6 Å². The molecule has 0 aliphatic heterocycles. The summed E-state index contributed by atoms with van der Waals surface area (Å²) in [6, 6.07) is 16.3. The van der Waals surface area contributed by atoms with Crippen molar-refractivity contribution in [3.8, 4) is 17.2 Å². The number of nitrogens with two attached hydrogens (primary N) is 1. The molecule has 0 amide bonds. The molecule has 0 radical (unpaired) electrons. The maximum atomic E-state index is 14.4. The summed E-state index contributed by atoms with van der Waals surface area (Å²) in [5, 5.41) is 1.86. The molecule has 0 bridgehead atoms. The summed E-state index contributed by atoms with van der Waals surface area (Å²) in [5.41, 5.74) is 8.88. The molecule has 3 aromatic heterocycles. The summed E-state index contributed by atoms with van der Waals surface area (Å²) in [5.74, 6) is 0.671. The molecule has 2 N–H and O–H groups in total. The largest absolute Gasteiger partial charge is 0.326 e. The van der Waals surface area contributed by atoms with Gasteiger partial charge >= 0.3 is 0 Å². The Labute approximate surface area is 160 Å². The lowest BCUT2D eigenvalue weighted by Crippen LogP contribution is -2.04. The first-order valence-electron chi connectivity index (χ1n) is 8.92. The Hall–Kier alpha value is -3.64. The number of benzene rings is 2. The number of fused-ring (bicyclic) bond motifs is 2. The number of nitrogens with zero attached hydrogens (tertiary/aromatic N) is 4. The van der Waals surface area contributed by atoms with Crippen LogP contribution in [0, 0.1) is 5.82 Å². The van der Waals surface area contributed by atoms with Gasteiger partial charge in [0.25, 0.3) is 0 Å². The fourth-order valence-corrected chi connectivity index (χ4v) is 3.40. The van der Waals surface area contributed by atoms with Crippen LogP contribution in [0.2, 0.25) is 0 Å². The van der Waals surface area contributed by atoms with Crippen molar-refractivity contribution in [2.24, 2.45) is 5.73 Å². The Balaban J connectivity index is 1.86. The van der Waals surface area contributed by atoms with E-state index < -0.39 is 0 Å². The molecule has 28 heavy (non-hydrogen) atoms. The maximum Gasteiger partial charge on any atom is 0.165 e. The Morgan fingerprint density at radius 1 is 1.00 bits per heavy atom. The van der Waals surface area contributed by atoms with Crippen LogP contribution in [0.15, 0.2) is 73.2 Å². The summed E-state index contributed by atoms with van der Waals surface area (Å²) in [6.07, 6.45) is 5.48. The predicted molar refractivity (Wildman–Crippen MR) is 107 cm³/mol. The number of aromatic nitrogens is 4. The lowest BCUT2D eigenvalue weighted by Gasteiger charge is -2.12. The van der Waals surface area contributed by atoms with Crippen LogP contribution in [0.5, 0.6) is 0 Å². The van der Waals surface area contributed by atoms with E-state index >= 15 is 0 Å². The van der Waals surface area contributed by atoms with Crippen LogP contribution in [-0.4, -0.2) is 19.5 Å². The smallest absolute Gasteiger partial charge is 0.165 e. The Kier molecular flexibility index (Phi) is 3.84. The van der Waals surface area contributed by atoms with E-state index in [4.69, 9.17) is 10.7 Å². The summed E-state index contributed by atoms with van der Waals surface area (Å²) < 4.78 is 16.4. The Bertz CT molecular complexity index is 1330. The van der Waals surface area contributed by atoms with Gasteiger partial charge in [0, 0.05) is 35.9 Å². The third-order valence-electron chi connectivity index (χ3n) is 4.81. The summed E-state index contributed by atoms with van der Waals surface area (Å²) in [4.78, 5) is 13.5. The van der Waals surface area contributed by atoms with Crippen LogP contribution < -0.4 is 5.73 Å². The van der Waals surface area contributed by atoms with E-state index in [0.717, 1.165) is 27.4 Å². The highest BCUT2D eigenvalue weighted by atomic mass is 19.1. The third kappa shape index (κ3) is 2.62. The normalized spacial score (nSPS) is 11.4. The first kappa shape index (κ1) is 16.5. The van der Waals surface area contributed by atoms with Crippen LogP contribution in [-0.2, 0) is 6.54 Å². The van der Waals surface area contributed by atoms with Gasteiger partial charge in [0.15, 0.2) is 5.82 Å². The molecule has 0 unspecified atom stereocenters. The number of halogens is 1. The number of rotatable bonds is 3. The van der Waals surface area contributed by atoms with Crippen LogP contribution in [0.25, 0.3) is 39.0 Å². The van der Waals surface area contributed by atoms with Crippen molar-refractivity contribution in [3.05, 3.63) is 84.6 Å². The molecule has 0 atom stereocenters. The Morgan fingerprint density at radius 2 is 1.89 bits per heavy atom. The molecular formula is C22H16FN5. The Morgan fingerprint density at radius 3 is 2.75 bits per heavy atom. The van der Waals surface area contributed by atoms with Crippen molar-refractivity contribution in [3.63, 3.8) is 0 Å². The second-order valence-electron chi connectivity index (χ2n) is 6.53. The molecule has 5 rings (SSSR count). The zero-order chi connectivity index (χ0) is 19.1. The second kappa shape index (κ2) is 6.51. The minimum Gasteiger partial charge on any atom is -0.326 e. The number of hydrogen-bond acceptors (Lipinski definition) is 4. The van der Waals surface area contributed by atoms with Crippen molar-refractivity contribution in [2.75, 3.05) is 0 Å². The van der Waals surface area contributed by atoms with Crippen LogP contribution in [0.1, 0.15) is 5.56 Å². The standard InChI is InChI=1S/C22H16FN5/c23-18-4-2-1-3-16(18)21-26-19-6-5-14(12-24)11-17(19)22(27-21)28-10-8-15-13-25-9-7-20(15)28/h1-11,13H,12,24H2. The minimum atomic E-state index is -0.354. The van der Waals surface area contributed by atoms with Gasteiger partial charge in [-0.15, -0.1) is 0 Å². The van der Waals surface area contributed by atoms with Gasteiger partial charge in [-0.3, -0.25) is 4.98 Å². The van der Waals surface area contributed by atoms with Gasteiger partial charge < -0.3 is 10.3 Å². The van der Waals surface area contributed by atoms with Gasteiger partial charge in [-0.1, -0.05) is 18.2 Å². The molecule has 2 aromatic carbocycles.